The number of benzene rings is 2. The van der Waals surface area contributed by atoms with Crippen LogP contribution in [0.5, 0.6) is 0 Å². The summed E-state index contributed by atoms with van der Waals surface area (Å²) in [5, 5.41) is 3.58. The third kappa shape index (κ3) is 5.35. The molecule has 3 nitrogen and oxygen atoms in total. The lowest BCUT2D eigenvalue weighted by Crippen LogP contribution is -2.15. The molecule has 4 aromatic rings. The molecule has 2 aromatic heterocycles. The first kappa shape index (κ1) is 22.0. The average molecular weight is 424 g/mol. The van der Waals surface area contributed by atoms with Crippen LogP contribution in [0.1, 0.15) is 40.1 Å². The molecule has 0 aliphatic rings. The molecule has 164 valence electrons. The van der Waals surface area contributed by atoms with Crippen molar-refractivity contribution < 1.29 is 0 Å². The monoisotopic (exact) mass is 423 g/mol. The molecule has 0 atom stereocenters. The Balaban J connectivity index is 1.36. The molecular weight excluding hydrogens is 390 g/mol. The summed E-state index contributed by atoms with van der Waals surface area (Å²) in [4.78, 5) is 4.97. The minimum absolute atomic E-state index is 0.891. The fraction of sp³-hybridized carbons (Fsp3) is 0.276. The zero-order valence-electron chi connectivity index (χ0n) is 19.7. The summed E-state index contributed by atoms with van der Waals surface area (Å²) < 4.78 is 2.21. The Kier molecular flexibility index (Phi) is 6.87. The first-order valence-electron chi connectivity index (χ1n) is 11.5. The summed E-state index contributed by atoms with van der Waals surface area (Å²) in [6, 6.07) is 26.2. The quantitative estimate of drug-likeness (QED) is 0.328. The minimum Gasteiger partial charge on any atom is -0.313 e. The van der Waals surface area contributed by atoms with Crippen molar-refractivity contribution in [2.24, 2.45) is 0 Å². The second-order valence-corrected chi connectivity index (χ2v) is 8.81. The molecule has 0 saturated heterocycles. The minimum atomic E-state index is 0.891. The molecule has 2 aromatic carbocycles. The van der Waals surface area contributed by atoms with E-state index in [9.17, 15) is 0 Å². The molecule has 0 bridgehead atoms. The molecular formula is C29H33N3. The van der Waals surface area contributed by atoms with Crippen LogP contribution in [0, 0.1) is 27.7 Å². The van der Waals surface area contributed by atoms with Crippen LogP contribution in [-0.2, 0) is 13.0 Å². The van der Waals surface area contributed by atoms with Gasteiger partial charge in [-0.15, -0.1) is 0 Å². The lowest BCUT2D eigenvalue weighted by molar-refractivity contribution is 0.649. The number of hydrogen-bond acceptors (Lipinski definition) is 2. The molecule has 1 N–H and O–H groups in total. The van der Waals surface area contributed by atoms with E-state index in [0.29, 0.717) is 0 Å². The van der Waals surface area contributed by atoms with Gasteiger partial charge in [-0.1, -0.05) is 54.1 Å². The van der Waals surface area contributed by atoms with E-state index in [2.05, 4.69) is 110 Å². The van der Waals surface area contributed by atoms with Crippen LogP contribution < -0.4 is 5.32 Å². The van der Waals surface area contributed by atoms with Crippen molar-refractivity contribution in [1.29, 1.82) is 0 Å². The Hall–Kier alpha value is -3.17. The fourth-order valence-electron chi connectivity index (χ4n) is 4.25. The largest absolute Gasteiger partial charge is 0.313 e. The predicted octanol–water partition coefficient (Wildman–Crippen LogP) is 6.50. The Morgan fingerprint density at radius 3 is 2.22 bits per heavy atom. The van der Waals surface area contributed by atoms with Crippen LogP contribution in [0.3, 0.4) is 0 Å². The normalized spacial score (nSPS) is 11.1. The van der Waals surface area contributed by atoms with Gasteiger partial charge >= 0.3 is 0 Å². The maximum Gasteiger partial charge on any atom is 0.137 e. The Morgan fingerprint density at radius 2 is 1.50 bits per heavy atom. The summed E-state index contributed by atoms with van der Waals surface area (Å²) in [5.41, 5.74) is 9.86. The van der Waals surface area contributed by atoms with E-state index in [4.69, 9.17) is 4.98 Å². The Bertz CT molecular complexity index is 1170. The predicted molar refractivity (Wildman–Crippen MR) is 134 cm³/mol. The third-order valence-corrected chi connectivity index (χ3v) is 5.94. The van der Waals surface area contributed by atoms with Gasteiger partial charge < -0.3 is 9.88 Å². The zero-order valence-corrected chi connectivity index (χ0v) is 19.7. The number of hydrogen-bond donors (Lipinski definition) is 1. The first-order chi connectivity index (χ1) is 15.5. The summed E-state index contributed by atoms with van der Waals surface area (Å²) >= 11 is 0. The first-order valence-corrected chi connectivity index (χ1v) is 11.5. The van der Waals surface area contributed by atoms with Crippen molar-refractivity contribution in [3.63, 3.8) is 0 Å². The second kappa shape index (κ2) is 9.97. The standard InChI is InChI=1S/C29H33N3/c1-21-7-5-8-25(17-21)9-6-16-30-20-26-12-14-27(15-13-26)28-18-22(2)19-29(31-28)32-23(3)10-11-24(32)4/h5,7-8,10-15,17-19,30H,6,9,16,20H2,1-4H3. The van der Waals surface area contributed by atoms with Gasteiger partial charge in [0.15, 0.2) is 0 Å². The highest BCUT2D eigenvalue weighted by Crippen LogP contribution is 2.23. The SMILES string of the molecule is Cc1cccc(CCCNCc2ccc(-c3cc(C)cc(-n4c(C)ccc4C)n3)cc2)c1. The van der Waals surface area contributed by atoms with Crippen molar-refractivity contribution in [2.45, 2.75) is 47.1 Å². The number of nitrogens with one attached hydrogen (secondary N) is 1. The highest BCUT2D eigenvalue weighted by Gasteiger charge is 2.09. The molecule has 0 aliphatic heterocycles. The third-order valence-electron chi connectivity index (χ3n) is 5.94. The van der Waals surface area contributed by atoms with E-state index >= 15 is 0 Å². The highest BCUT2D eigenvalue weighted by atomic mass is 15.1. The molecule has 0 radical (unpaired) electrons. The average Bonchev–Trinajstić information content (AvgIpc) is 3.11. The summed E-state index contributed by atoms with van der Waals surface area (Å²) in [6.45, 7) is 10.5. The molecule has 2 heterocycles. The van der Waals surface area contributed by atoms with E-state index in [-0.39, 0.29) is 0 Å². The second-order valence-electron chi connectivity index (χ2n) is 8.81. The van der Waals surface area contributed by atoms with E-state index in [1.807, 2.05) is 0 Å². The fourth-order valence-corrected chi connectivity index (χ4v) is 4.25. The maximum atomic E-state index is 4.97. The van der Waals surface area contributed by atoms with Crippen LogP contribution >= 0.6 is 0 Å². The van der Waals surface area contributed by atoms with Crippen molar-refractivity contribution in [3.8, 4) is 17.1 Å². The van der Waals surface area contributed by atoms with Gasteiger partial charge in [-0.3, -0.25) is 0 Å². The van der Waals surface area contributed by atoms with Gasteiger partial charge in [-0.25, -0.2) is 4.98 Å². The van der Waals surface area contributed by atoms with E-state index < -0.39 is 0 Å². The van der Waals surface area contributed by atoms with Gasteiger partial charge in [0.2, 0.25) is 0 Å². The highest BCUT2D eigenvalue weighted by molar-refractivity contribution is 5.61. The number of aromatic nitrogens is 2. The molecule has 0 fully saturated rings. The van der Waals surface area contributed by atoms with Crippen LogP contribution in [-0.4, -0.2) is 16.1 Å². The number of aryl methyl sites for hydroxylation is 5. The van der Waals surface area contributed by atoms with Gasteiger partial charge in [0, 0.05) is 23.5 Å². The summed E-state index contributed by atoms with van der Waals surface area (Å²) in [7, 11) is 0. The van der Waals surface area contributed by atoms with Crippen molar-refractivity contribution in [2.75, 3.05) is 6.54 Å². The molecule has 3 heteroatoms. The van der Waals surface area contributed by atoms with Gasteiger partial charge in [0.1, 0.15) is 5.82 Å². The molecule has 32 heavy (non-hydrogen) atoms. The topological polar surface area (TPSA) is 29.9 Å². The van der Waals surface area contributed by atoms with E-state index in [1.165, 1.54) is 33.6 Å². The van der Waals surface area contributed by atoms with Gasteiger partial charge in [0.05, 0.1) is 5.69 Å². The van der Waals surface area contributed by atoms with Crippen LogP contribution in [0.4, 0.5) is 0 Å². The molecule has 0 saturated carbocycles. The molecule has 4 rings (SSSR count). The number of nitrogens with zero attached hydrogens (tertiary/aromatic N) is 2. The van der Waals surface area contributed by atoms with Crippen LogP contribution in [0.15, 0.2) is 72.8 Å². The molecule has 0 spiro atoms. The van der Waals surface area contributed by atoms with Gasteiger partial charge in [-0.2, -0.15) is 0 Å². The van der Waals surface area contributed by atoms with Gasteiger partial charge in [-0.05, 0) is 88.0 Å². The summed E-state index contributed by atoms with van der Waals surface area (Å²) in [6.07, 6.45) is 2.27. The zero-order chi connectivity index (χ0) is 22.5. The number of pyridine rings is 1. The van der Waals surface area contributed by atoms with Crippen LogP contribution in [0.25, 0.3) is 17.1 Å². The van der Waals surface area contributed by atoms with E-state index in [1.54, 1.807) is 0 Å². The summed E-state index contributed by atoms with van der Waals surface area (Å²) in [5.74, 6) is 0.986. The molecule has 0 amide bonds. The maximum absolute atomic E-state index is 4.97. The number of rotatable bonds is 8. The van der Waals surface area contributed by atoms with Crippen molar-refractivity contribution in [3.05, 3.63) is 106 Å². The Labute approximate surface area is 192 Å². The Morgan fingerprint density at radius 1 is 0.750 bits per heavy atom. The van der Waals surface area contributed by atoms with Gasteiger partial charge in [0.25, 0.3) is 0 Å². The molecule has 0 unspecified atom stereocenters. The van der Waals surface area contributed by atoms with Crippen molar-refractivity contribution >= 4 is 0 Å². The molecule has 0 aliphatic carbocycles. The van der Waals surface area contributed by atoms with E-state index in [0.717, 1.165) is 43.0 Å². The lowest BCUT2D eigenvalue weighted by Gasteiger charge is -2.12. The smallest absolute Gasteiger partial charge is 0.137 e. The lowest BCUT2D eigenvalue weighted by atomic mass is 10.1. The van der Waals surface area contributed by atoms with Crippen LogP contribution in [0.2, 0.25) is 0 Å². The van der Waals surface area contributed by atoms with Crippen molar-refractivity contribution in [1.82, 2.24) is 14.9 Å².